The van der Waals surface area contributed by atoms with Gasteiger partial charge in [-0.3, -0.25) is 0 Å². The molecule has 0 spiro atoms. The van der Waals surface area contributed by atoms with Gasteiger partial charge in [-0.25, -0.2) is 4.39 Å². The topological polar surface area (TPSA) is 9.23 Å². The highest BCUT2D eigenvalue weighted by Crippen LogP contribution is 2.25. The van der Waals surface area contributed by atoms with Gasteiger partial charge in [-0.1, -0.05) is 0 Å². The van der Waals surface area contributed by atoms with Crippen molar-refractivity contribution in [2.24, 2.45) is 0 Å². The van der Waals surface area contributed by atoms with E-state index in [0.29, 0.717) is 12.4 Å². The number of unbranched alkanes of at least 4 members (excludes halogenated alkanes) is 1. The van der Waals surface area contributed by atoms with Gasteiger partial charge in [-0.15, -0.1) is 0 Å². The van der Waals surface area contributed by atoms with Crippen LogP contribution in [-0.4, -0.2) is 12.4 Å². The lowest BCUT2D eigenvalue weighted by molar-refractivity contribution is 0.306. The first-order valence-corrected chi connectivity index (χ1v) is 5.85. The number of halogens is 2. The van der Waals surface area contributed by atoms with Crippen molar-refractivity contribution in [2.75, 3.05) is 12.4 Å². The molecule has 0 amide bonds. The minimum atomic E-state index is -0.280. The van der Waals surface area contributed by atoms with E-state index in [4.69, 9.17) is 4.74 Å². The Kier molecular flexibility index (Phi) is 5.33. The van der Waals surface area contributed by atoms with Crippen molar-refractivity contribution >= 4 is 28.6 Å². The normalized spacial score (nSPS) is 10.2. The van der Waals surface area contributed by atoms with Crippen LogP contribution in [0.2, 0.25) is 0 Å². The molecule has 0 saturated heterocycles. The molecule has 1 nitrogen and oxygen atoms in total. The van der Waals surface area contributed by atoms with E-state index in [0.717, 1.165) is 23.1 Å². The van der Waals surface area contributed by atoms with Gasteiger partial charge in [-0.2, -0.15) is 12.6 Å². The lowest BCUT2D eigenvalue weighted by Crippen LogP contribution is -1.98. The van der Waals surface area contributed by atoms with E-state index in [1.54, 1.807) is 6.07 Å². The second-order valence-electron chi connectivity index (χ2n) is 2.85. The summed E-state index contributed by atoms with van der Waals surface area (Å²) in [6.45, 7) is 0.600. The molecule has 0 radical (unpaired) electrons. The fourth-order valence-electron chi connectivity index (χ4n) is 0.984. The van der Waals surface area contributed by atoms with E-state index >= 15 is 0 Å². The Labute approximate surface area is 97.2 Å². The number of thiol groups is 1. The second kappa shape index (κ2) is 6.30. The van der Waals surface area contributed by atoms with Crippen LogP contribution in [0.5, 0.6) is 5.75 Å². The summed E-state index contributed by atoms with van der Waals surface area (Å²) >= 11 is 7.39. The largest absolute Gasteiger partial charge is 0.492 e. The van der Waals surface area contributed by atoms with Gasteiger partial charge in [-0.05, 0) is 46.7 Å². The maximum atomic E-state index is 12.8. The quantitative estimate of drug-likeness (QED) is 0.639. The minimum Gasteiger partial charge on any atom is -0.492 e. The Morgan fingerprint density at radius 2 is 2.14 bits per heavy atom. The highest BCUT2D eigenvalue weighted by Gasteiger charge is 2.01. The molecule has 14 heavy (non-hydrogen) atoms. The van der Waals surface area contributed by atoms with E-state index in [1.807, 2.05) is 0 Å². The first-order chi connectivity index (χ1) is 6.74. The van der Waals surface area contributed by atoms with Crippen LogP contribution in [0.4, 0.5) is 4.39 Å². The van der Waals surface area contributed by atoms with Crippen LogP contribution < -0.4 is 4.74 Å². The summed E-state index contributed by atoms with van der Waals surface area (Å²) < 4.78 is 19.0. The Hall–Kier alpha value is -0.220. The van der Waals surface area contributed by atoms with Crippen molar-refractivity contribution < 1.29 is 9.13 Å². The zero-order valence-electron chi connectivity index (χ0n) is 7.67. The molecule has 0 saturated carbocycles. The van der Waals surface area contributed by atoms with E-state index in [9.17, 15) is 4.39 Å². The predicted octanol–water partition coefficient (Wildman–Crippen LogP) is 3.68. The number of hydrogen-bond acceptors (Lipinski definition) is 2. The highest BCUT2D eigenvalue weighted by atomic mass is 79.9. The fourth-order valence-corrected chi connectivity index (χ4v) is 1.57. The van der Waals surface area contributed by atoms with Gasteiger partial charge in [0, 0.05) is 6.07 Å². The van der Waals surface area contributed by atoms with Crippen LogP contribution in [0.1, 0.15) is 12.8 Å². The molecule has 1 aromatic carbocycles. The summed E-state index contributed by atoms with van der Waals surface area (Å²) in [7, 11) is 0. The summed E-state index contributed by atoms with van der Waals surface area (Å²) in [4.78, 5) is 0. The third-order valence-electron chi connectivity index (χ3n) is 1.70. The number of benzene rings is 1. The Morgan fingerprint density at radius 3 is 2.86 bits per heavy atom. The van der Waals surface area contributed by atoms with Crippen molar-refractivity contribution in [3.63, 3.8) is 0 Å². The van der Waals surface area contributed by atoms with Gasteiger partial charge >= 0.3 is 0 Å². The molecule has 4 heteroatoms. The molecule has 0 atom stereocenters. The lowest BCUT2D eigenvalue weighted by atomic mass is 10.3. The zero-order chi connectivity index (χ0) is 10.4. The SMILES string of the molecule is Fc1ccc(Br)c(OCCCCS)c1. The van der Waals surface area contributed by atoms with Crippen LogP contribution in [0, 0.1) is 5.82 Å². The summed E-state index contributed by atoms with van der Waals surface area (Å²) in [5.74, 6) is 1.13. The van der Waals surface area contributed by atoms with Gasteiger partial charge in [0.1, 0.15) is 11.6 Å². The van der Waals surface area contributed by atoms with Gasteiger partial charge in [0.2, 0.25) is 0 Å². The lowest BCUT2D eigenvalue weighted by Gasteiger charge is -2.07. The number of ether oxygens (including phenoxy) is 1. The van der Waals surface area contributed by atoms with Crippen molar-refractivity contribution in [3.05, 3.63) is 28.5 Å². The van der Waals surface area contributed by atoms with E-state index in [-0.39, 0.29) is 5.82 Å². The van der Waals surface area contributed by atoms with Gasteiger partial charge < -0.3 is 4.74 Å². The molecular formula is C10H12BrFOS. The highest BCUT2D eigenvalue weighted by molar-refractivity contribution is 9.10. The van der Waals surface area contributed by atoms with Crippen LogP contribution in [-0.2, 0) is 0 Å². The fraction of sp³-hybridized carbons (Fsp3) is 0.400. The average molecular weight is 279 g/mol. The Balaban J connectivity index is 2.45. The van der Waals surface area contributed by atoms with Gasteiger partial charge in [0.05, 0.1) is 11.1 Å². The van der Waals surface area contributed by atoms with E-state index < -0.39 is 0 Å². The van der Waals surface area contributed by atoms with E-state index in [1.165, 1.54) is 12.1 Å². The van der Waals surface area contributed by atoms with Crippen molar-refractivity contribution in [3.8, 4) is 5.75 Å². The Morgan fingerprint density at radius 1 is 1.36 bits per heavy atom. The first-order valence-electron chi connectivity index (χ1n) is 4.43. The molecule has 0 N–H and O–H groups in total. The standard InChI is InChI=1S/C10H12BrFOS/c11-9-4-3-8(12)7-10(9)13-5-1-2-6-14/h3-4,7,14H,1-2,5-6H2. The average Bonchev–Trinajstić information content (AvgIpc) is 2.18. The van der Waals surface area contributed by atoms with Crippen LogP contribution >= 0.6 is 28.6 Å². The number of hydrogen-bond donors (Lipinski definition) is 1. The predicted molar refractivity (Wildman–Crippen MR) is 62.7 cm³/mol. The third kappa shape index (κ3) is 3.88. The summed E-state index contributed by atoms with van der Waals surface area (Å²) in [6.07, 6.45) is 1.95. The molecule has 0 aliphatic carbocycles. The molecule has 0 aromatic heterocycles. The van der Waals surface area contributed by atoms with Crippen molar-refractivity contribution in [1.29, 1.82) is 0 Å². The maximum absolute atomic E-state index is 12.8. The molecule has 0 unspecified atom stereocenters. The van der Waals surface area contributed by atoms with Crippen molar-refractivity contribution in [1.82, 2.24) is 0 Å². The van der Waals surface area contributed by atoms with Crippen LogP contribution in [0.25, 0.3) is 0 Å². The summed E-state index contributed by atoms with van der Waals surface area (Å²) in [5.41, 5.74) is 0. The molecule has 78 valence electrons. The van der Waals surface area contributed by atoms with Crippen molar-refractivity contribution in [2.45, 2.75) is 12.8 Å². The molecule has 0 bridgehead atoms. The van der Waals surface area contributed by atoms with Gasteiger partial charge in [0.15, 0.2) is 0 Å². The third-order valence-corrected chi connectivity index (χ3v) is 2.67. The minimum absolute atomic E-state index is 0.280. The molecular weight excluding hydrogens is 267 g/mol. The first kappa shape index (κ1) is 11.9. The monoisotopic (exact) mass is 278 g/mol. The molecule has 0 aliphatic heterocycles. The van der Waals surface area contributed by atoms with Crippen LogP contribution in [0.3, 0.4) is 0 Å². The van der Waals surface area contributed by atoms with Gasteiger partial charge in [0.25, 0.3) is 0 Å². The smallest absolute Gasteiger partial charge is 0.136 e. The summed E-state index contributed by atoms with van der Waals surface area (Å²) in [6, 6.07) is 4.42. The molecule has 0 fully saturated rings. The Bertz CT molecular complexity index is 293. The second-order valence-corrected chi connectivity index (χ2v) is 4.16. The summed E-state index contributed by atoms with van der Waals surface area (Å²) in [5, 5.41) is 0. The van der Waals surface area contributed by atoms with Crippen LogP contribution in [0.15, 0.2) is 22.7 Å². The molecule has 0 aliphatic rings. The molecule has 1 aromatic rings. The number of rotatable bonds is 5. The molecule has 0 heterocycles. The van der Waals surface area contributed by atoms with E-state index in [2.05, 4.69) is 28.6 Å². The maximum Gasteiger partial charge on any atom is 0.136 e. The zero-order valence-corrected chi connectivity index (χ0v) is 10.2. The molecule has 1 rings (SSSR count).